The highest BCUT2D eigenvalue weighted by Gasteiger charge is 2.23. The SMILES string of the molecule is COCCOCCCN(CCCBr)C1CCC1. The molecule has 3 nitrogen and oxygen atoms in total. The molecule has 4 heteroatoms. The second-order valence-corrected chi connectivity index (χ2v) is 5.41. The van der Waals surface area contributed by atoms with Crippen LogP contribution in [0, 0.1) is 0 Å². The highest BCUT2D eigenvalue weighted by atomic mass is 79.9. The first kappa shape index (κ1) is 15.4. The van der Waals surface area contributed by atoms with Gasteiger partial charge in [-0.05, 0) is 32.2 Å². The van der Waals surface area contributed by atoms with Crippen molar-refractivity contribution in [2.45, 2.75) is 38.1 Å². The number of nitrogens with zero attached hydrogens (tertiary/aromatic N) is 1. The van der Waals surface area contributed by atoms with Gasteiger partial charge in [0.25, 0.3) is 0 Å². The average molecular weight is 308 g/mol. The largest absolute Gasteiger partial charge is 0.382 e. The smallest absolute Gasteiger partial charge is 0.0700 e. The van der Waals surface area contributed by atoms with Crippen LogP contribution in [0.1, 0.15) is 32.1 Å². The zero-order valence-electron chi connectivity index (χ0n) is 11.0. The van der Waals surface area contributed by atoms with Crippen molar-refractivity contribution >= 4 is 15.9 Å². The van der Waals surface area contributed by atoms with E-state index in [1.54, 1.807) is 7.11 Å². The Kier molecular flexibility index (Phi) is 9.34. The van der Waals surface area contributed by atoms with Crippen molar-refractivity contribution in [1.82, 2.24) is 4.90 Å². The predicted octanol–water partition coefficient (Wildman–Crippen LogP) is 2.68. The van der Waals surface area contributed by atoms with Gasteiger partial charge in [-0.25, -0.2) is 0 Å². The summed E-state index contributed by atoms with van der Waals surface area (Å²) in [6.07, 6.45) is 6.60. The van der Waals surface area contributed by atoms with Gasteiger partial charge in [-0.2, -0.15) is 0 Å². The summed E-state index contributed by atoms with van der Waals surface area (Å²) in [7, 11) is 1.71. The zero-order chi connectivity index (χ0) is 12.3. The first-order valence-electron chi connectivity index (χ1n) is 6.75. The van der Waals surface area contributed by atoms with E-state index in [0.29, 0.717) is 6.61 Å². The quantitative estimate of drug-likeness (QED) is 0.433. The molecular formula is C13H26BrNO2. The molecule has 0 radical (unpaired) electrons. The monoisotopic (exact) mass is 307 g/mol. The average Bonchev–Trinajstić information content (AvgIpc) is 2.27. The van der Waals surface area contributed by atoms with Gasteiger partial charge in [-0.3, -0.25) is 0 Å². The van der Waals surface area contributed by atoms with Crippen molar-refractivity contribution in [2.75, 3.05) is 45.4 Å². The third kappa shape index (κ3) is 6.75. The summed E-state index contributed by atoms with van der Waals surface area (Å²) in [5.74, 6) is 0. The molecule has 1 aliphatic carbocycles. The second kappa shape index (κ2) is 10.3. The predicted molar refractivity (Wildman–Crippen MR) is 74.9 cm³/mol. The Balaban J connectivity index is 2.02. The number of alkyl halides is 1. The fourth-order valence-electron chi connectivity index (χ4n) is 2.11. The van der Waals surface area contributed by atoms with Crippen LogP contribution in [-0.4, -0.2) is 56.3 Å². The molecule has 0 heterocycles. The van der Waals surface area contributed by atoms with E-state index in [1.165, 1.54) is 38.8 Å². The van der Waals surface area contributed by atoms with Crippen molar-refractivity contribution in [1.29, 1.82) is 0 Å². The number of ether oxygens (including phenoxy) is 2. The lowest BCUT2D eigenvalue weighted by Gasteiger charge is -2.37. The molecule has 17 heavy (non-hydrogen) atoms. The maximum atomic E-state index is 5.50. The van der Waals surface area contributed by atoms with E-state index in [0.717, 1.165) is 31.0 Å². The molecule has 0 aromatic rings. The fraction of sp³-hybridized carbons (Fsp3) is 1.00. The maximum absolute atomic E-state index is 5.50. The third-order valence-corrected chi connectivity index (χ3v) is 3.90. The van der Waals surface area contributed by atoms with Crippen molar-refractivity contribution in [2.24, 2.45) is 0 Å². The number of rotatable bonds is 11. The molecule has 1 aliphatic rings. The van der Waals surface area contributed by atoms with Gasteiger partial charge in [0.1, 0.15) is 0 Å². The van der Waals surface area contributed by atoms with Crippen LogP contribution < -0.4 is 0 Å². The molecule has 1 rings (SSSR count). The van der Waals surface area contributed by atoms with Gasteiger partial charge in [-0.15, -0.1) is 0 Å². The summed E-state index contributed by atoms with van der Waals surface area (Å²) in [6.45, 7) is 4.71. The Hall–Kier alpha value is 0.360. The van der Waals surface area contributed by atoms with Crippen molar-refractivity contribution in [3.05, 3.63) is 0 Å². The molecule has 1 saturated carbocycles. The topological polar surface area (TPSA) is 21.7 Å². The van der Waals surface area contributed by atoms with Gasteiger partial charge < -0.3 is 14.4 Å². The summed E-state index contributed by atoms with van der Waals surface area (Å²) in [5.41, 5.74) is 0. The molecule has 0 atom stereocenters. The van der Waals surface area contributed by atoms with Gasteiger partial charge >= 0.3 is 0 Å². The summed E-state index contributed by atoms with van der Waals surface area (Å²) in [4.78, 5) is 2.64. The summed E-state index contributed by atoms with van der Waals surface area (Å²) < 4.78 is 10.4. The first-order chi connectivity index (χ1) is 8.38. The number of hydrogen-bond acceptors (Lipinski definition) is 3. The maximum Gasteiger partial charge on any atom is 0.0700 e. The normalized spacial score (nSPS) is 16.4. The van der Waals surface area contributed by atoms with E-state index in [9.17, 15) is 0 Å². The minimum Gasteiger partial charge on any atom is -0.382 e. The molecule has 0 amide bonds. The van der Waals surface area contributed by atoms with Crippen LogP contribution >= 0.6 is 15.9 Å². The van der Waals surface area contributed by atoms with E-state index >= 15 is 0 Å². The third-order valence-electron chi connectivity index (χ3n) is 3.34. The van der Waals surface area contributed by atoms with Gasteiger partial charge in [0.2, 0.25) is 0 Å². The summed E-state index contributed by atoms with van der Waals surface area (Å²) in [6, 6.07) is 0.855. The van der Waals surface area contributed by atoms with Crippen LogP contribution in [0.5, 0.6) is 0 Å². The van der Waals surface area contributed by atoms with Gasteiger partial charge in [0.15, 0.2) is 0 Å². The minimum atomic E-state index is 0.704. The van der Waals surface area contributed by atoms with Crippen molar-refractivity contribution < 1.29 is 9.47 Å². The lowest BCUT2D eigenvalue weighted by Crippen LogP contribution is -2.41. The Morgan fingerprint density at radius 1 is 1.12 bits per heavy atom. The molecule has 0 aromatic heterocycles. The molecule has 1 fully saturated rings. The zero-order valence-corrected chi connectivity index (χ0v) is 12.6. The van der Waals surface area contributed by atoms with Crippen LogP contribution in [0.4, 0.5) is 0 Å². The Morgan fingerprint density at radius 2 is 1.88 bits per heavy atom. The molecule has 0 N–H and O–H groups in total. The van der Waals surface area contributed by atoms with E-state index < -0.39 is 0 Å². The Morgan fingerprint density at radius 3 is 2.47 bits per heavy atom. The van der Waals surface area contributed by atoms with Gasteiger partial charge in [-0.1, -0.05) is 22.4 Å². The molecule has 102 valence electrons. The van der Waals surface area contributed by atoms with Crippen molar-refractivity contribution in [3.63, 3.8) is 0 Å². The highest BCUT2D eigenvalue weighted by molar-refractivity contribution is 9.09. The molecule has 0 aliphatic heterocycles. The standard InChI is InChI=1S/C13H26BrNO2/c1-16-11-12-17-10-4-9-15(8-3-7-14)13-5-2-6-13/h13H,2-12H2,1H3. The lowest BCUT2D eigenvalue weighted by atomic mass is 9.91. The molecular weight excluding hydrogens is 282 g/mol. The molecule has 0 saturated heterocycles. The van der Waals surface area contributed by atoms with Crippen LogP contribution in [0.25, 0.3) is 0 Å². The van der Waals surface area contributed by atoms with E-state index in [1.807, 2.05) is 0 Å². The number of methoxy groups -OCH3 is 1. The highest BCUT2D eigenvalue weighted by Crippen LogP contribution is 2.25. The Bertz CT molecular complexity index is 177. The minimum absolute atomic E-state index is 0.704. The number of halogens is 1. The van der Waals surface area contributed by atoms with Crippen molar-refractivity contribution in [3.8, 4) is 0 Å². The van der Waals surface area contributed by atoms with Crippen LogP contribution in [0.15, 0.2) is 0 Å². The molecule has 0 unspecified atom stereocenters. The van der Waals surface area contributed by atoms with E-state index in [2.05, 4.69) is 20.8 Å². The molecule has 0 aromatic carbocycles. The molecule has 0 bridgehead atoms. The molecule has 0 spiro atoms. The lowest BCUT2D eigenvalue weighted by molar-refractivity contribution is 0.0575. The van der Waals surface area contributed by atoms with Gasteiger partial charge in [0.05, 0.1) is 13.2 Å². The second-order valence-electron chi connectivity index (χ2n) is 4.62. The first-order valence-corrected chi connectivity index (χ1v) is 7.87. The van der Waals surface area contributed by atoms with E-state index in [4.69, 9.17) is 9.47 Å². The number of hydrogen-bond donors (Lipinski definition) is 0. The fourth-order valence-corrected chi connectivity index (χ4v) is 2.36. The summed E-state index contributed by atoms with van der Waals surface area (Å²) >= 11 is 3.51. The Labute approximate surface area is 114 Å². The van der Waals surface area contributed by atoms with Crippen LogP contribution in [0.2, 0.25) is 0 Å². The summed E-state index contributed by atoms with van der Waals surface area (Å²) in [5, 5.41) is 1.11. The van der Waals surface area contributed by atoms with E-state index in [-0.39, 0.29) is 0 Å². The van der Waals surface area contributed by atoms with Crippen LogP contribution in [-0.2, 0) is 9.47 Å². The van der Waals surface area contributed by atoms with Gasteiger partial charge in [0, 0.05) is 31.6 Å². The van der Waals surface area contributed by atoms with Crippen LogP contribution in [0.3, 0.4) is 0 Å².